The fourth-order valence-electron chi connectivity index (χ4n) is 4.09. The maximum Gasteiger partial charge on any atom is 0.167 e. The van der Waals surface area contributed by atoms with E-state index in [9.17, 15) is 14.0 Å². The number of hydrogen-bond acceptors (Lipinski definition) is 1. The predicted octanol–water partition coefficient (Wildman–Crippen LogP) is 6.76. The summed E-state index contributed by atoms with van der Waals surface area (Å²) >= 11 is 0. The molecule has 0 fully saturated rings. The molecular formula is C24H13F2N. The second-order valence-corrected chi connectivity index (χ2v) is 6.82. The Morgan fingerprint density at radius 3 is 2.11 bits per heavy atom. The van der Waals surface area contributed by atoms with Crippen LogP contribution in [0.25, 0.3) is 43.1 Å². The first-order valence-electron chi connectivity index (χ1n) is 8.65. The van der Waals surface area contributed by atoms with Crippen molar-refractivity contribution in [3.8, 4) is 6.07 Å². The number of fused-ring (bicyclic) bond motifs is 7. The molecule has 0 aliphatic heterocycles. The van der Waals surface area contributed by atoms with Crippen LogP contribution in [0.5, 0.6) is 0 Å². The van der Waals surface area contributed by atoms with E-state index in [0.29, 0.717) is 10.9 Å². The van der Waals surface area contributed by atoms with Gasteiger partial charge in [0.25, 0.3) is 0 Å². The molecule has 5 aromatic carbocycles. The molecule has 0 heterocycles. The number of benzene rings is 5. The highest BCUT2D eigenvalue weighted by Crippen LogP contribution is 2.40. The van der Waals surface area contributed by atoms with Crippen LogP contribution in [0.2, 0.25) is 0 Å². The number of halogens is 2. The van der Waals surface area contributed by atoms with Gasteiger partial charge in [-0.3, -0.25) is 0 Å². The minimum absolute atomic E-state index is 0.257. The summed E-state index contributed by atoms with van der Waals surface area (Å²) in [5, 5.41) is 14.7. The second-order valence-electron chi connectivity index (χ2n) is 6.82. The minimum atomic E-state index is -0.836. The topological polar surface area (TPSA) is 23.8 Å². The smallest absolute Gasteiger partial charge is 0.167 e. The number of nitrogens with zero attached hydrogens (tertiary/aromatic N) is 1. The number of hydrogen-bond donors (Lipinski definition) is 0. The Morgan fingerprint density at radius 1 is 0.704 bits per heavy atom. The van der Waals surface area contributed by atoms with Crippen LogP contribution in [-0.2, 0) is 0 Å². The van der Waals surface area contributed by atoms with E-state index in [1.165, 1.54) is 0 Å². The molecule has 5 rings (SSSR count). The Hall–Kier alpha value is -3.51. The molecule has 3 heteroatoms. The van der Waals surface area contributed by atoms with Crippen LogP contribution in [0.4, 0.5) is 8.78 Å². The van der Waals surface area contributed by atoms with Gasteiger partial charge >= 0.3 is 0 Å². The van der Waals surface area contributed by atoms with Crippen molar-refractivity contribution in [1.29, 1.82) is 5.26 Å². The van der Waals surface area contributed by atoms with Gasteiger partial charge < -0.3 is 0 Å². The van der Waals surface area contributed by atoms with Gasteiger partial charge in [-0.05, 0) is 46.2 Å². The summed E-state index contributed by atoms with van der Waals surface area (Å²) in [4.78, 5) is 0. The average Bonchev–Trinajstić information content (AvgIpc) is 2.70. The Morgan fingerprint density at radius 2 is 1.37 bits per heavy atom. The summed E-state index contributed by atoms with van der Waals surface area (Å²) in [6.07, 6.45) is 0. The average molecular weight is 353 g/mol. The van der Waals surface area contributed by atoms with Crippen molar-refractivity contribution < 1.29 is 8.78 Å². The fourth-order valence-corrected chi connectivity index (χ4v) is 4.09. The quantitative estimate of drug-likeness (QED) is 0.282. The van der Waals surface area contributed by atoms with Crippen molar-refractivity contribution in [3.05, 3.63) is 83.4 Å². The maximum absolute atomic E-state index is 14.9. The molecule has 0 unspecified atom stereocenters. The lowest BCUT2D eigenvalue weighted by Gasteiger charge is -2.14. The van der Waals surface area contributed by atoms with Crippen LogP contribution in [0.15, 0.2) is 60.7 Å². The van der Waals surface area contributed by atoms with E-state index >= 15 is 0 Å². The molecule has 0 bridgehead atoms. The summed E-state index contributed by atoms with van der Waals surface area (Å²) in [5.41, 5.74) is 1.55. The highest BCUT2D eigenvalue weighted by Gasteiger charge is 2.19. The lowest BCUT2D eigenvalue weighted by Crippen LogP contribution is -1.94. The molecule has 128 valence electrons. The van der Waals surface area contributed by atoms with Crippen molar-refractivity contribution in [1.82, 2.24) is 0 Å². The Bertz CT molecular complexity index is 1460. The van der Waals surface area contributed by atoms with E-state index in [1.54, 1.807) is 30.3 Å². The highest BCUT2D eigenvalue weighted by atomic mass is 19.2. The molecule has 0 atom stereocenters. The van der Waals surface area contributed by atoms with Gasteiger partial charge in [0.05, 0.1) is 11.6 Å². The maximum atomic E-state index is 14.9. The number of aryl methyl sites for hydroxylation is 1. The molecule has 0 spiro atoms. The zero-order chi connectivity index (χ0) is 18.7. The molecule has 1 nitrogen and oxygen atoms in total. The van der Waals surface area contributed by atoms with Gasteiger partial charge in [0.2, 0.25) is 0 Å². The molecule has 0 saturated carbocycles. The molecular weight excluding hydrogens is 340 g/mol. The first-order valence-corrected chi connectivity index (χ1v) is 8.65. The van der Waals surface area contributed by atoms with Crippen LogP contribution in [0, 0.1) is 29.9 Å². The molecule has 0 aliphatic rings. The Labute approximate surface area is 154 Å². The third-order valence-corrected chi connectivity index (χ3v) is 5.32. The zero-order valence-electron chi connectivity index (χ0n) is 14.5. The van der Waals surface area contributed by atoms with E-state index in [4.69, 9.17) is 0 Å². The van der Waals surface area contributed by atoms with E-state index in [1.807, 2.05) is 37.3 Å². The normalized spacial score (nSPS) is 11.5. The molecule has 0 N–H and O–H groups in total. The molecule has 27 heavy (non-hydrogen) atoms. The number of nitriles is 1. The van der Waals surface area contributed by atoms with Crippen molar-refractivity contribution in [2.24, 2.45) is 0 Å². The highest BCUT2D eigenvalue weighted by molar-refractivity contribution is 6.28. The van der Waals surface area contributed by atoms with Crippen LogP contribution >= 0.6 is 0 Å². The van der Waals surface area contributed by atoms with Gasteiger partial charge in [-0.1, -0.05) is 48.5 Å². The van der Waals surface area contributed by atoms with Crippen molar-refractivity contribution >= 4 is 43.1 Å². The molecule has 0 aliphatic carbocycles. The summed E-state index contributed by atoms with van der Waals surface area (Å²) in [7, 11) is 0. The Balaban J connectivity index is 2.19. The third-order valence-electron chi connectivity index (χ3n) is 5.32. The SMILES string of the molecule is Cc1cccc2ccc3c(F)c(F)c4ccc5cc(C#N)ccc5c4c3c12. The largest absolute Gasteiger partial charge is 0.203 e. The third kappa shape index (κ3) is 2.07. The lowest BCUT2D eigenvalue weighted by molar-refractivity contribution is 0.525. The van der Waals surface area contributed by atoms with Gasteiger partial charge in [0.1, 0.15) is 0 Å². The van der Waals surface area contributed by atoms with E-state index in [2.05, 4.69) is 6.07 Å². The van der Waals surface area contributed by atoms with Gasteiger partial charge in [-0.25, -0.2) is 8.78 Å². The second kappa shape index (κ2) is 5.49. The first kappa shape index (κ1) is 15.7. The van der Waals surface area contributed by atoms with E-state index < -0.39 is 11.6 Å². The monoisotopic (exact) mass is 353 g/mol. The summed E-state index contributed by atoms with van der Waals surface area (Å²) in [6.45, 7) is 1.98. The van der Waals surface area contributed by atoms with Crippen molar-refractivity contribution in [2.45, 2.75) is 6.92 Å². The Kier molecular flexibility index (Phi) is 3.20. The molecule has 0 radical (unpaired) electrons. The van der Waals surface area contributed by atoms with Gasteiger partial charge in [0.15, 0.2) is 11.6 Å². The van der Waals surface area contributed by atoms with Gasteiger partial charge in [0, 0.05) is 21.5 Å². The molecule has 5 aromatic rings. The van der Waals surface area contributed by atoms with Crippen molar-refractivity contribution in [3.63, 3.8) is 0 Å². The van der Waals surface area contributed by atoms with Crippen molar-refractivity contribution in [2.75, 3.05) is 0 Å². The predicted molar refractivity (Wildman–Crippen MR) is 106 cm³/mol. The molecule has 0 saturated heterocycles. The van der Waals surface area contributed by atoms with Crippen LogP contribution in [-0.4, -0.2) is 0 Å². The van der Waals surface area contributed by atoms with Crippen LogP contribution < -0.4 is 0 Å². The summed E-state index contributed by atoms with van der Waals surface area (Å²) in [5.74, 6) is -1.66. The molecule has 0 aromatic heterocycles. The lowest BCUT2D eigenvalue weighted by atomic mass is 9.90. The fraction of sp³-hybridized carbons (Fsp3) is 0.0417. The van der Waals surface area contributed by atoms with E-state index in [-0.39, 0.29) is 10.8 Å². The summed E-state index contributed by atoms with van der Waals surface area (Å²) in [6, 6.07) is 20.2. The van der Waals surface area contributed by atoms with E-state index in [0.717, 1.165) is 32.5 Å². The minimum Gasteiger partial charge on any atom is -0.203 e. The van der Waals surface area contributed by atoms with Gasteiger partial charge in [-0.15, -0.1) is 0 Å². The summed E-state index contributed by atoms with van der Waals surface area (Å²) < 4.78 is 29.8. The van der Waals surface area contributed by atoms with Gasteiger partial charge in [-0.2, -0.15) is 5.26 Å². The van der Waals surface area contributed by atoms with Crippen LogP contribution in [0.1, 0.15) is 11.1 Å². The number of rotatable bonds is 0. The standard InChI is InChI=1S/C24H13F2N/c1-13-3-2-4-15-6-9-19-22(20(13)15)21-17-8-5-14(12-27)11-16(17)7-10-18(21)23(25)24(19)26/h2-11H,1H3. The zero-order valence-corrected chi connectivity index (χ0v) is 14.5. The van der Waals surface area contributed by atoms with Crippen LogP contribution in [0.3, 0.4) is 0 Å². The first-order chi connectivity index (χ1) is 13.1. The molecule has 0 amide bonds.